The third kappa shape index (κ3) is 5.33. The van der Waals surface area contributed by atoms with Gasteiger partial charge in [0.15, 0.2) is 5.96 Å². The van der Waals surface area contributed by atoms with E-state index in [-0.39, 0.29) is 24.0 Å². The lowest BCUT2D eigenvalue weighted by molar-refractivity contribution is 0.188. The summed E-state index contributed by atoms with van der Waals surface area (Å²) in [6.07, 6.45) is 4.97. The molecule has 3 rings (SSSR count). The molecule has 0 amide bonds. The number of anilines is 1. The zero-order chi connectivity index (χ0) is 16.8. The molecule has 4 nitrogen and oxygen atoms in total. The van der Waals surface area contributed by atoms with Gasteiger partial charge >= 0.3 is 0 Å². The van der Waals surface area contributed by atoms with Crippen LogP contribution in [0.5, 0.6) is 0 Å². The number of aliphatic imine (C=N–C) groups is 1. The summed E-state index contributed by atoms with van der Waals surface area (Å²) in [5.74, 6) is 1.81. The lowest BCUT2D eigenvalue weighted by Gasteiger charge is -2.31. The standard InChI is InChI=1S/C20H32N4.HI/c1-3-12-23-13-9-17(10-14-23)16-22-20(21-4-2)24-15-11-18-7-5-6-8-19(18)24;/h5-8,17H,3-4,9-16H2,1-2H3,(H,21,22);1H. The molecule has 0 aliphatic carbocycles. The van der Waals surface area contributed by atoms with Crippen LogP contribution in [0.25, 0.3) is 0 Å². The molecule has 1 N–H and O–H groups in total. The molecule has 0 saturated carbocycles. The van der Waals surface area contributed by atoms with Gasteiger partial charge < -0.3 is 15.1 Å². The van der Waals surface area contributed by atoms with Gasteiger partial charge in [0.05, 0.1) is 0 Å². The third-order valence-electron chi connectivity index (χ3n) is 5.22. The molecule has 25 heavy (non-hydrogen) atoms. The first kappa shape index (κ1) is 20.5. The van der Waals surface area contributed by atoms with Gasteiger partial charge in [0.1, 0.15) is 0 Å². The van der Waals surface area contributed by atoms with Gasteiger partial charge in [-0.15, -0.1) is 24.0 Å². The Bertz CT molecular complexity index is 552. The quantitative estimate of drug-likeness (QED) is 0.416. The second kappa shape index (κ2) is 10.4. The van der Waals surface area contributed by atoms with Gasteiger partial charge in [0.2, 0.25) is 0 Å². The van der Waals surface area contributed by atoms with E-state index >= 15 is 0 Å². The van der Waals surface area contributed by atoms with Crippen LogP contribution >= 0.6 is 24.0 Å². The minimum atomic E-state index is 0. The van der Waals surface area contributed by atoms with E-state index in [1.54, 1.807) is 0 Å². The van der Waals surface area contributed by atoms with Crippen LogP contribution in [-0.4, -0.2) is 50.1 Å². The fraction of sp³-hybridized carbons (Fsp3) is 0.650. The van der Waals surface area contributed by atoms with Gasteiger partial charge in [0, 0.05) is 25.3 Å². The normalized spacial score (nSPS) is 18.8. The first-order valence-corrected chi connectivity index (χ1v) is 9.68. The van der Waals surface area contributed by atoms with E-state index in [9.17, 15) is 0 Å². The Morgan fingerprint density at radius 2 is 1.92 bits per heavy atom. The van der Waals surface area contributed by atoms with Gasteiger partial charge in [-0.1, -0.05) is 25.1 Å². The second-order valence-corrected chi connectivity index (χ2v) is 7.01. The van der Waals surface area contributed by atoms with E-state index in [0.29, 0.717) is 0 Å². The number of fused-ring (bicyclic) bond motifs is 1. The summed E-state index contributed by atoms with van der Waals surface area (Å²) in [6.45, 7) is 11.1. The number of likely N-dealkylation sites (tertiary alicyclic amines) is 1. The monoisotopic (exact) mass is 456 g/mol. The van der Waals surface area contributed by atoms with Crippen LogP contribution in [0.3, 0.4) is 0 Å². The highest BCUT2D eigenvalue weighted by atomic mass is 127. The molecule has 0 spiro atoms. The fourth-order valence-electron chi connectivity index (χ4n) is 3.88. The van der Waals surface area contributed by atoms with E-state index in [1.807, 2.05) is 0 Å². The number of piperidine rings is 1. The van der Waals surface area contributed by atoms with E-state index < -0.39 is 0 Å². The number of hydrogen-bond donors (Lipinski definition) is 1. The highest BCUT2D eigenvalue weighted by molar-refractivity contribution is 14.0. The van der Waals surface area contributed by atoms with Gasteiger partial charge in [-0.25, -0.2) is 0 Å². The highest BCUT2D eigenvalue weighted by Crippen LogP contribution is 2.27. The zero-order valence-electron chi connectivity index (χ0n) is 15.7. The summed E-state index contributed by atoms with van der Waals surface area (Å²) in [6, 6.07) is 8.72. The van der Waals surface area contributed by atoms with E-state index in [4.69, 9.17) is 4.99 Å². The van der Waals surface area contributed by atoms with Crippen LogP contribution in [0, 0.1) is 5.92 Å². The summed E-state index contributed by atoms with van der Waals surface area (Å²) < 4.78 is 0. The molecule has 2 aliphatic heterocycles. The molecule has 1 saturated heterocycles. The van der Waals surface area contributed by atoms with Crippen molar-refractivity contribution < 1.29 is 0 Å². The van der Waals surface area contributed by atoms with Crippen LogP contribution in [-0.2, 0) is 6.42 Å². The lowest BCUT2D eigenvalue weighted by Crippen LogP contribution is -2.41. The zero-order valence-corrected chi connectivity index (χ0v) is 18.0. The van der Waals surface area contributed by atoms with Crippen molar-refractivity contribution in [1.29, 1.82) is 0 Å². The molecule has 0 radical (unpaired) electrons. The first-order valence-electron chi connectivity index (χ1n) is 9.68. The Hall–Kier alpha value is -0.820. The summed E-state index contributed by atoms with van der Waals surface area (Å²) in [7, 11) is 0. The Kier molecular flexibility index (Phi) is 8.49. The molecular weight excluding hydrogens is 423 g/mol. The maximum Gasteiger partial charge on any atom is 0.198 e. The Morgan fingerprint density at radius 3 is 2.64 bits per heavy atom. The molecule has 1 aromatic carbocycles. The Morgan fingerprint density at radius 1 is 1.16 bits per heavy atom. The molecule has 1 fully saturated rings. The number of benzene rings is 1. The first-order chi connectivity index (χ1) is 11.8. The lowest BCUT2D eigenvalue weighted by atomic mass is 9.97. The van der Waals surface area contributed by atoms with Crippen molar-refractivity contribution in [1.82, 2.24) is 10.2 Å². The number of rotatable bonds is 5. The Labute approximate surface area is 170 Å². The van der Waals surface area contributed by atoms with Crippen molar-refractivity contribution in [3.8, 4) is 0 Å². The van der Waals surface area contributed by atoms with E-state index in [1.165, 1.54) is 50.1 Å². The SMILES string of the molecule is CCCN1CCC(CN=C(NCC)N2CCc3ccccc32)CC1.I. The summed E-state index contributed by atoms with van der Waals surface area (Å²) in [5.41, 5.74) is 2.77. The smallest absolute Gasteiger partial charge is 0.198 e. The van der Waals surface area contributed by atoms with Gasteiger partial charge in [-0.05, 0) is 69.8 Å². The van der Waals surface area contributed by atoms with Crippen molar-refractivity contribution in [2.75, 3.05) is 44.2 Å². The van der Waals surface area contributed by atoms with Crippen molar-refractivity contribution in [3.05, 3.63) is 29.8 Å². The molecule has 0 unspecified atom stereocenters. The molecule has 0 bridgehead atoms. The third-order valence-corrected chi connectivity index (χ3v) is 5.22. The number of nitrogens with zero attached hydrogens (tertiary/aromatic N) is 3. The van der Waals surface area contributed by atoms with Crippen molar-refractivity contribution >= 4 is 35.6 Å². The minimum Gasteiger partial charge on any atom is -0.356 e. The Balaban J connectivity index is 0.00000225. The van der Waals surface area contributed by atoms with Crippen LogP contribution in [0.15, 0.2) is 29.3 Å². The molecule has 2 aliphatic rings. The summed E-state index contributed by atoms with van der Waals surface area (Å²) >= 11 is 0. The summed E-state index contributed by atoms with van der Waals surface area (Å²) in [5, 5.41) is 3.50. The van der Waals surface area contributed by atoms with Crippen molar-refractivity contribution in [3.63, 3.8) is 0 Å². The average Bonchev–Trinajstić information content (AvgIpc) is 3.04. The van der Waals surface area contributed by atoms with Crippen LogP contribution in [0.4, 0.5) is 5.69 Å². The van der Waals surface area contributed by atoms with Crippen molar-refractivity contribution in [2.45, 2.75) is 39.5 Å². The molecule has 140 valence electrons. The number of hydrogen-bond acceptors (Lipinski definition) is 2. The number of para-hydroxylation sites is 1. The van der Waals surface area contributed by atoms with Gasteiger partial charge in [-0.2, -0.15) is 0 Å². The topological polar surface area (TPSA) is 30.9 Å². The predicted molar refractivity (Wildman–Crippen MR) is 118 cm³/mol. The van der Waals surface area contributed by atoms with E-state index in [2.05, 4.69) is 53.2 Å². The minimum absolute atomic E-state index is 0. The second-order valence-electron chi connectivity index (χ2n) is 7.01. The maximum atomic E-state index is 5.00. The molecule has 0 atom stereocenters. The molecule has 2 heterocycles. The van der Waals surface area contributed by atoms with Crippen molar-refractivity contribution in [2.24, 2.45) is 10.9 Å². The molecule has 1 aromatic rings. The molecule has 0 aromatic heterocycles. The molecular formula is C20H33IN4. The van der Waals surface area contributed by atoms with Gasteiger partial charge in [-0.3, -0.25) is 4.99 Å². The van der Waals surface area contributed by atoms with Crippen LogP contribution < -0.4 is 10.2 Å². The maximum absolute atomic E-state index is 5.00. The largest absolute Gasteiger partial charge is 0.356 e. The predicted octanol–water partition coefficient (Wildman–Crippen LogP) is 3.75. The number of halogens is 1. The average molecular weight is 456 g/mol. The van der Waals surface area contributed by atoms with Crippen LogP contribution in [0.2, 0.25) is 0 Å². The highest BCUT2D eigenvalue weighted by Gasteiger charge is 2.23. The van der Waals surface area contributed by atoms with E-state index in [0.717, 1.165) is 37.9 Å². The number of nitrogens with one attached hydrogen (secondary N) is 1. The van der Waals surface area contributed by atoms with Gasteiger partial charge in [0.25, 0.3) is 0 Å². The number of guanidine groups is 1. The molecule has 5 heteroatoms. The fourth-order valence-corrected chi connectivity index (χ4v) is 3.88. The van der Waals surface area contributed by atoms with Crippen LogP contribution in [0.1, 0.15) is 38.7 Å². The summed E-state index contributed by atoms with van der Waals surface area (Å²) in [4.78, 5) is 9.97.